The van der Waals surface area contributed by atoms with Gasteiger partial charge in [0.2, 0.25) is 0 Å². The highest BCUT2D eigenvalue weighted by atomic mass is 16.6. The van der Waals surface area contributed by atoms with E-state index in [9.17, 15) is 24.3 Å². The summed E-state index contributed by atoms with van der Waals surface area (Å²) in [6, 6.07) is 0. The minimum absolute atomic E-state index is 0.220. The molecule has 2 aliphatic rings. The fourth-order valence-electron chi connectivity index (χ4n) is 5.57. The Bertz CT molecular complexity index is 778. The molecule has 0 aromatic heterocycles. The Hall–Kier alpha value is -2.16. The van der Waals surface area contributed by atoms with Gasteiger partial charge in [-0.1, -0.05) is 54.4 Å². The van der Waals surface area contributed by atoms with Gasteiger partial charge < -0.3 is 24.1 Å². The third-order valence-electron chi connectivity index (χ3n) is 7.80. The normalized spacial score (nSPS) is 28.9. The van der Waals surface area contributed by atoms with Gasteiger partial charge in [-0.2, -0.15) is 0 Å². The maximum absolute atomic E-state index is 12.2. The first-order valence-corrected chi connectivity index (χ1v) is 13.8. The summed E-state index contributed by atoms with van der Waals surface area (Å²) in [6.07, 6.45) is 2.69. The minimum Gasteiger partial charge on any atom is -0.460 e. The highest BCUT2D eigenvalue weighted by Crippen LogP contribution is 2.36. The molecule has 212 valence electrons. The number of aliphatic hydroxyl groups is 1. The Morgan fingerprint density at radius 3 is 1.57 bits per heavy atom. The van der Waals surface area contributed by atoms with E-state index in [0.717, 1.165) is 38.5 Å². The maximum atomic E-state index is 12.2. The van der Waals surface area contributed by atoms with Crippen molar-refractivity contribution in [2.75, 3.05) is 13.2 Å². The molecule has 0 saturated heterocycles. The van der Waals surface area contributed by atoms with Crippen molar-refractivity contribution in [2.24, 2.45) is 35.5 Å². The number of carbonyl (C=O) groups excluding carboxylic acids is 4. The lowest BCUT2D eigenvalue weighted by molar-refractivity contribution is -0.173. The summed E-state index contributed by atoms with van der Waals surface area (Å²) < 4.78 is 20.9. The van der Waals surface area contributed by atoms with Crippen LogP contribution in [0.4, 0.5) is 0 Å². The molecular weight excluding hydrogens is 480 g/mol. The smallest absolute Gasteiger partial charge is 0.344 e. The lowest BCUT2D eigenvalue weighted by atomic mass is 9.75. The second kappa shape index (κ2) is 14.7. The molecule has 9 nitrogen and oxygen atoms in total. The van der Waals surface area contributed by atoms with E-state index in [1.54, 1.807) is 0 Å². The van der Waals surface area contributed by atoms with Crippen LogP contribution in [0.5, 0.6) is 0 Å². The molecular formula is C28H46O9. The second-order valence-corrected chi connectivity index (χ2v) is 11.7. The van der Waals surface area contributed by atoms with Gasteiger partial charge >= 0.3 is 23.9 Å². The molecule has 0 amide bonds. The number of hydrogen-bond donors (Lipinski definition) is 1. The van der Waals surface area contributed by atoms with Gasteiger partial charge in [0.05, 0.1) is 6.42 Å². The third kappa shape index (κ3) is 10.3. The van der Waals surface area contributed by atoms with Gasteiger partial charge in [0, 0.05) is 0 Å². The highest BCUT2D eigenvalue weighted by molar-refractivity contribution is 5.84. The summed E-state index contributed by atoms with van der Waals surface area (Å²) in [5.74, 6) is -1.28. The van der Waals surface area contributed by atoms with Gasteiger partial charge in [0.15, 0.2) is 19.3 Å². The summed E-state index contributed by atoms with van der Waals surface area (Å²) in [5.41, 5.74) is 0. The predicted molar refractivity (Wildman–Crippen MR) is 135 cm³/mol. The maximum Gasteiger partial charge on any atom is 0.344 e. The second-order valence-electron chi connectivity index (χ2n) is 11.7. The molecule has 0 heterocycles. The average Bonchev–Trinajstić information content (AvgIpc) is 2.80. The molecule has 0 aromatic carbocycles. The van der Waals surface area contributed by atoms with E-state index in [1.807, 2.05) is 0 Å². The quantitative estimate of drug-likeness (QED) is 0.316. The van der Waals surface area contributed by atoms with E-state index in [0.29, 0.717) is 23.7 Å². The molecule has 2 fully saturated rings. The molecule has 0 aliphatic heterocycles. The van der Waals surface area contributed by atoms with Crippen LogP contribution in [0.25, 0.3) is 0 Å². The minimum atomic E-state index is -1.82. The molecule has 0 radical (unpaired) electrons. The van der Waals surface area contributed by atoms with Crippen LogP contribution in [0, 0.1) is 35.5 Å². The third-order valence-corrected chi connectivity index (χ3v) is 7.80. The number of aliphatic hydroxyl groups excluding tert-OH is 1. The van der Waals surface area contributed by atoms with Crippen molar-refractivity contribution in [3.05, 3.63) is 0 Å². The summed E-state index contributed by atoms with van der Waals surface area (Å²) >= 11 is 0. The molecule has 2 saturated carbocycles. The van der Waals surface area contributed by atoms with Gasteiger partial charge in [-0.25, -0.2) is 14.4 Å². The van der Waals surface area contributed by atoms with Crippen molar-refractivity contribution < 1.29 is 43.2 Å². The van der Waals surface area contributed by atoms with Crippen molar-refractivity contribution in [1.29, 1.82) is 0 Å². The first-order chi connectivity index (χ1) is 17.4. The summed E-state index contributed by atoms with van der Waals surface area (Å²) in [6.45, 7) is 11.4. The molecule has 0 unspecified atom stereocenters. The van der Waals surface area contributed by atoms with Gasteiger partial charge in [0.1, 0.15) is 12.2 Å². The van der Waals surface area contributed by atoms with Crippen molar-refractivity contribution in [1.82, 2.24) is 0 Å². The first-order valence-electron chi connectivity index (χ1n) is 13.8. The molecule has 1 N–H and O–H groups in total. The molecule has 2 rings (SSSR count). The van der Waals surface area contributed by atoms with E-state index in [-0.39, 0.29) is 24.0 Å². The summed E-state index contributed by atoms with van der Waals surface area (Å²) in [7, 11) is 0. The Kier molecular flexibility index (Phi) is 12.3. The standard InChI is InChI=1S/C28H46O9/c1-16(2)20-9-7-18(5)11-23(20)36-26(31)14-34-25(30)13-22(29)28(33)35-15-27(32)37-24-12-19(6)8-10-21(24)17(3)4/h16-24,29H,7-15H2,1-6H3/t18-,19-,20+,21+,22+,23-,24-/m1/s1. The van der Waals surface area contributed by atoms with Crippen molar-refractivity contribution in [3.63, 3.8) is 0 Å². The lowest BCUT2D eigenvalue weighted by Gasteiger charge is -2.36. The molecule has 9 heteroatoms. The Morgan fingerprint density at radius 1 is 0.703 bits per heavy atom. The molecule has 0 bridgehead atoms. The monoisotopic (exact) mass is 526 g/mol. The van der Waals surface area contributed by atoms with Crippen molar-refractivity contribution in [3.8, 4) is 0 Å². The van der Waals surface area contributed by atoms with Crippen LogP contribution >= 0.6 is 0 Å². The fraction of sp³-hybridized carbons (Fsp3) is 0.857. The highest BCUT2D eigenvalue weighted by Gasteiger charge is 2.35. The van der Waals surface area contributed by atoms with Crippen LogP contribution in [0.2, 0.25) is 0 Å². The number of esters is 4. The molecule has 0 aromatic rings. The van der Waals surface area contributed by atoms with Crippen LogP contribution in [-0.4, -0.2) is 60.5 Å². The number of hydrogen-bond acceptors (Lipinski definition) is 9. The van der Waals surface area contributed by atoms with E-state index in [2.05, 4.69) is 41.5 Å². The van der Waals surface area contributed by atoms with E-state index >= 15 is 0 Å². The predicted octanol–water partition coefficient (Wildman–Crippen LogP) is 3.83. The average molecular weight is 527 g/mol. The lowest BCUT2D eigenvalue weighted by Crippen LogP contribution is -2.37. The van der Waals surface area contributed by atoms with Gasteiger partial charge in [-0.15, -0.1) is 0 Å². The van der Waals surface area contributed by atoms with Gasteiger partial charge in [0.25, 0.3) is 0 Å². The molecule has 7 atom stereocenters. The van der Waals surface area contributed by atoms with Gasteiger partial charge in [-0.05, 0) is 61.2 Å². The zero-order valence-corrected chi connectivity index (χ0v) is 23.3. The fourth-order valence-corrected chi connectivity index (χ4v) is 5.57. The first kappa shape index (κ1) is 31.1. The number of ether oxygens (including phenoxy) is 4. The number of carbonyl (C=O) groups is 4. The largest absolute Gasteiger partial charge is 0.460 e. The zero-order chi connectivity index (χ0) is 27.7. The van der Waals surface area contributed by atoms with E-state index in [1.165, 1.54) is 0 Å². The van der Waals surface area contributed by atoms with Crippen LogP contribution in [0.1, 0.15) is 86.5 Å². The van der Waals surface area contributed by atoms with Crippen molar-refractivity contribution >= 4 is 23.9 Å². The SMILES string of the molecule is CC(C)[C@@H]1CC[C@@H](C)C[C@H]1OC(=O)COC(=O)C[C@H](O)C(=O)OCC(=O)O[C@@H]1C[C@H](C)CC[C@H]1C(C)C. The summed E-state index contributed by atoms with van der Waals surface area (Å²) in [5, 5.41) is 9.98. The Labute approximate surface area is 220 Å². The van der Waals surface area contributed by atoms with Crippen LogP contribution in [0.15, 0.2) is 0 Å². The Balaban J connectivity index is 1.70. The topological polar surface area (TPSA) is 125 Å². The van der Waals surface area contributed by atoms with E-state index in [4.69, 9.17) is 18.9 Å². The zero-order valence-electron chi connectivity index (χ0n) is 23.3. The van der Waals surface area contributed by atoms with Crippen LogP contribution in [0.3, 0.4) is 0 Å². The molecule has 2 aliphatic carbocycles. The van der Waals surface area contributed by atoms with E-state index < -0.39 is 49.6 Å². The van der Waals surface area contributed by atoms with Crippen LogP contribution in [-0.2, 0) is 38.1 Å². The van der Waals surface area contributed by atoms with Crippen LogP contribution < -0.4 is 0 Å². The Morgan fingerprint density at radius 2 is 1.14 bits per heavy atom. The molecule has 0 spiro atoms. The number of rotatable bonds is 11. The summed E-state index contributed by atoms with van der Waals surface area (Å²) in [4.78, 5) is 48.5. The van der Waals surface area contributed by atoms with Gasteiger partial charge in [-0.3, -0.25) is 4.79 Å². The van der Waals surface area contributed by atoms with Crippen molar-refractivity contribution in [2.45, 2.75) is 105 Å². The molecule has 37 heavy (non-hydrogen) atoms.